The first kappa shape index (κ1) is 21.1. The maximum atomic E-state index is 13.0. The van der Waals surface area contributed by atoms with E-state index in [0.717, 1.165) is 5.39 Å². The maximum absolute atomic E-state index is 13.0. The molecule has 2 aliphatic rings. The zero-order chi connectivity index (χ0) is 21.7. The Hall–Kier alpha value is -2.19. The summed E-state index contributed by atoms with van der Waals surface area (Å²) in [6.07, 6.45) is 0.464. The average Bonchev–Trinajstić information content (AvgIpc) is 3.14. The molecule has 0 aromatic heterocycles. The molecule has 162 valence electrons. The van der Waals surface area contributed by atoms with E-state index in [9.17, 15) is 15.0 Å². The Bertz CT molecular complexity index is 995. The summed E-state index contributed by atoms with van der Waals surface area (Å²) in [5, 5.41) is 25.2. The second-order valence-electron chi connectivity index (χ2n) is 8.27. The number of hydrogen-bond donors (Lipinski definition) is 2. The fraction of sp³-hybridized carbons (Fsp3) is 0.522. The van der Waals surface area contributed by atoms with E-state index in [1.54, 1.807) is 14.0 Å². The van der Waals surface area contributed by atoms with Gasteiger partial charge in [0.25, 0.3) is 0 Å². The lowest BCUT2D eigenvalue weighted by Crippen LogP contribution is -2.61. The van der Waals surface area contributed by atoms with Gasteiger partial charge >= 0.3 is 0 Å². The summed E-state index contributed by atoms with van der Waals surface area (Å²) in [5.74, 6) is -0.745. The van der Waals surface area contributed by atoms with E-state index in [1.807, 2.05) is 24.3 Å². The van der Waals surface area contributed by atoms with E-state index >= 15 is 0 Å². The van der Waals surface area contributed by atoms with Gasteiger partial charge in [-0.2, -0.15) is 0 Å². The first-order chi connectivity index (χ1) is 14.2. The van der Waals surface area contributed by atoms with Crippen molar-refractivity contribution in [3.05, 3.63) is 35.4 Å². The lowest BCUT2D eigenvalue weighted by Gasteiger charge is -2.49. The van der Waals surface area contributed by atoms with Crippen molar-refractivity contribution in [3.63, 3.8) is 0 Å². The molecule has 0 spiro atoms. The molecule has 2 aromatic carbocycles. The summed E-state index contributed by atoms with van der Waals surface area (Å²) >= 11 is 0. The molecule has 2 atom stereocenters. The van der Waals surface area contributed by atoms with Crippen LogP contribution >= 0.6 is 0 Å². The summed E-state index contributed by atoms with van der Waals surface area (Å²) in [4.78, 5) is 13.0. The van der Waals surface area contributed by atoms with Crippen LogP contribution in [0.4, 0.5) is 0 Å². The quantitative estimate of drug-likeness (QED) is 0.773. The van der Waals surface area contributed by atoms with Gasteiger partial charge in [0.1, 0.15) is 17.1 Å². The molecule has 2 aromatic rings. The molecule has 0 bridgehead atoms. The first-order valence-electron chi connectivity index (χ1n) is 10.1. The Kier molecular flexibility index (Phi) is 5.05. The number of hydrogen-bond acceptors (Lipinski definition) is 7. The standard InChI is InChI=1S/C23H28O7/c1-14(24)23(26)18-17(9-10-22(23,25)13-21(2)29-11-12-30-21)19(27-3)15-7-5-6-8-16(15)20(18)28-4/h5-8,25-26H,9-13H2,1-4H3/t22-,23+/m0/s1. The third-order valence-electron chi connectivity index (χ3n) is 6.47. The van der Waals surface area contributed by atoms with Crippen molar-refractivity contribution >= 4 is 16.6 Å². The van der Waals surface area contributed by atoms with Crippen LogP contribution in [0.2, 0.25) is 0 Å². The highest BCUT2D eigenvalue weighted by molar-refractivity contribution is 6.00. The predicted octanol–water partition coefficient (Wildman–Crippen LogP) is 2.46. The minimum absolute atomic E-state index is 0.0617. The Morgan fingerprint density at radius 3 is 2.17 bits per heavy atom. The van der Waals surface area contributed by atoms with Crippen LogP contribution < -0.4 is 9.47 Å². The molecule has 0 amide bonds. The summed E-state index contributed by atoms with van der Waals surface area (Å²) in [7, 11) is 3.05. The fourth-order valence-electron chi connectivity index (χ4n) is 5.15. The van der Waals surface area contributed by atoms with Gasteiger partial charge in [-0.25, -0.2) is 0 Å². The van der Waals surface area contributed by atoms with E-state index < -0.39 is 22.8 Å². The molecule has 1 heterocycles. The number of benzene rings is 2. The van der Waals surface area contributed by atoms with Gasteiger partial charge in [0.15, 0.2) is 17.2 Å². The normalized spacial score (nSPS) is 27.7. The molecule has 1 aliphatic heterocycles. The summed E-state index contributed by atoms with van der Waals surface area (Å²) in [5.41, 5.74) is -3.12. The van der Waals surface area contributed by atoms with Crippen molar-refractivity contribution in [2.45, 2.75) is 50.1 Å². The molecule has 0 saturated carbocycles. The van der Waals surface area contributed by atoms with E-state index in [1.165, 1.54) is 14.0 Å². The van der Waals surface area contributed by atoms with Crippen molar-refractivity contribution < 1.29 is 34.0 Å². The predicted molar refractivity (Wildman–Crippen MR) is 110 cm³/mol. The molecule has 1 fully saturated rings. The molecule has 0 radical (unpaired) electrons. The molecule has 1 saturated heterocycles. The number of rotatable bonds is 5. The third-order valence-corrected chi connectivity index (χ3v) is 6.47. The van der Waals surface area contributed by atoms with Crippen LogP contribution in [0.25, 0.3) is 10.8 Å². The first-order valence-corrected chi connectivity index (χ1v) is 10.1. The second kappa shape index (κ2) is 7.20. The van der Waals surface area contributed by atoms with Crippen LogP contribution in [0.5, 0.6) is 11.5 Å². The van der Waals surface area contributed by atoms with Gasteiger partial charge in [-0.3, -0.25) is 4.79 Å². The summed E-state index contributed by atoms with van der Waals surface area (Å²) in [6.45, 7) is 3.78. The Labute approximate surface area is 175 Å². The number of carbonyl (C=O) groups is 1. The number of ether oxygens (including phenoxy) is 4. The van der Waals surface area contributed by atoms with Crippen LogP contribution in [-0.2, 0) is 26.3 Å². The maximum Gasteiger partial charge on any atom is 0.180 e. The van der Waals surface area contributed by atoms with E-state index in [-0.39, 0.29) is 18.4 Å². The van der Waals surface area contributed by atoms with Crippen molar-refractivity contribution in [3.8, 4) is 11.5 Å². The van der Waals surface area contributed by atoms with E-state index in [4.69, 9.17) is 18.9 Å². The van der Waals surface area contributed by atoms with Crippen LogP contribution in [0, 0.1) is 0 Å². The lowest BCUT2D eigenvalue weighted by molar-refractivity contribution is -0.233. The Balaban J connectivity index is 2.02. The summed E-state index contributed by atoms with van der Waals surface area (Å²) < 4.78 is 22.8. The smallest absolute Gasteiger partial charge is 0.180 e. The molecule has 2 N–H and O–H groups in total. The van der Waals surface area contributed by atoms with Crippen molar-refractivity contribution in [1.82, 2.24) is 0 Å². The van der Waals surface area contributed by atoms with Gasteiger partial charge in [-0.05, 0) is 26.7 Å². The molecule has 1 aliphatic carbocycles. The van der Waals surface area contributed by atoms with Gasteiger partial charge in [-0.1, -0.05) is 24.3 Å². The largest absolute Gasteiger partial charge is 0.496 e. The van der Waals surface area contributed by atoms with Gasteiger partial charge in [0.05, 0.1) is 27.4 Å². The van der Waals surface area contributed by atoms with Crippen molar-refractivity contribution in [2.24, 2.45) is 0 Å². The highest BCUT2D eigenvalue weighted by Crippen LogP contribution is 2.55. The average molecular weight is 416 g/mol. The molecule has 4 rings (SSSR count). The van der Waals surface area contributed by atoms with Crippen LogP contribution in [0.15, 0.2) is 24.3 Å². The Morgan fingerprint density at radius 2 is 1.63 bits per heavy atom. The molecule has 30 heavy (non-hydrogen) atoms. The molecular formula is C23H28O7. The molecule has 7 nitrogen and oxygen atoms in total. The van der Waals surface area contributed by atoms with Gasteiger partial charge in [0, 0.05) is 28.3 Å². The van der Waals surface area contributed by atoms with Crippen molar-refractivity contribution in [2.75, 3.05) is 27.4 Å². The summed E-state index contributed by atoms with van der Waals surface area (Å²) in [6, 6.07) is 7.49. The van der Waals surface area contributed by atoms with E-state index in [2.05, 4.69) is 0 Å². The molecule has 7 heteroatoms. The topological polar surface area (TPSA) is 94.5 Å². The Morgan fingerprint density at radius 1 is 1.07 bits per heavy atom. The van der Waals surface area contributed by atoms with Gasteiger partial charge in [0.2, 0.25) is 0 Å². The zero-order valence-electron chi connectivity index (χ0n) is 17.8. The van der Waals surface area contributed by atoms with Crippen LogP contribution in [0.3, 0.4) is 0 Å². The highest BCUT2D eigenvalue weighted by atomic mass is 16.7. The van der Waals surface area contributed by atoms with E-state index in [0.29, 0.717) is 42.1 Å². The van der Waals surface area contributed by atoms with Crippen LogP contribution in [0.1, 0.15) is 37.8 Å². The van der Waals surface area contributed by atoms with Crippen molar-refractivity contribution in [1.29, 1.82) is 0 Å². The highest BCUT2D eigenvalue weighted by Gasteiger charge is 2.61. The van der Waals surface area contributed by atoms with Gasteiger partial charge < -0.3 is 29.2 Å². The SMILES string of the molecule is COc1c2c(c(OC)c3ccccc13)[C@](O)(C(C)=O)[C@@](O)(CC1(C)OCCO1)CC2. The number of fused-ring (bicyclic) bond motifs is 2. The number of methoxy groups -OCH3 is 2. The molecular weight excluding hydrogens is 388 g/mol. The number of ketones is 1. The minimum atomic E-state index is -2.22. The lowest BCUT2D eigenvalue weighted by atomic mass is 9.63. The zero-order valence-corrected chi connectivity index (χ0v) is 17.8. The molecule has 0 unspecified atom stereocenters. The van der Waals surface area contributed by atoms with Gasteiger partial charge in [-0.15, -0.1) is 0 Å². The third kappa shape index (κ3) is 2.84. The van der Waals surface area contributed by atoms with Crippen LogP contribution in [-0.4, -0.2) is 54.8 Å². The minimum Gasteiger partial charge on any atom is -0.496 e. The second-order valence-corrected chi connectivity index (χ2v) is 8.27. The monoisotopic (exact) mass is 416 g/mol. The number of Topliss-reactive ketones (excluding diaryl/α,β-unsaturated/α-hetero) is 1. The number of carbonyl (C=O) groups excluding carboxylic acids is 1. The number of aliphatic hydroxyl groups is 2. The fourth-order valence-corrected chi connectivity index (χ4v) is 5.15.